The van der Waals surface area contributed by atoms with Crippen molar-refractivity contribution in [2.24, 2.45) is 0 Å². The molecule has 0 bridgehead atoms. The van der Waals surface area contributed by atoms with Crippen molar-refractivity contribution in [1.29, 1.82) is 0 Å². The van der Waals surface area contributed by atoms with Gasteiger partial charge in [0.2, 0.25) is 21.8 Å². The van der Waals surface area contributed by atoms with Crippen molar-refractivity contribution >= 4 is 39.1 Å². The number of ether oxygens (including phenoxy) is 1. The van der Waals surface area contributed by atoms with E-state index in [0.29, 0.717) is 12.2 Å². The van der Waals surface area contributed by atoms with Crippen LogP contribution in [0.15, 0.2) is 42.5 Å². The molecule has 3 rings (SSSR count). The third-order valence-corrected chi connectivity index (χ3v) is 8.48. The minimum Gasteiger partial charge on any atom is -0.495 e. The van der Waals surface area contributed by atoms with E-state index in [0.717, 1.165) is 53.8 Å². The van der Waals surface area contributed by atoms with Crippen LogP contribution in [0.4, 0.5) is 5.69 Å². The van der Waals surface area contributed by atoms with Crippen molar-refractivity contribution in [2.75, 3.05) is 24.2 Å². The van der Waals surface area contributed by atoms with Gasteiger partial charge in [-0.25, -0.2) is 8.42 Å². The number of sulfonamides is 1. The highest BCUT2D eigenvalue weighted by atomic mass is 35.5. The number of halogens is 1. The number of amides is 2. The lowest BCUT2D eigenvalue weighted by molar-refractivity contribution is -0.140. The molecule has 1 fully saturated rings. The van der Waals surface area contributed by atoms with Gasteiger partial charge in [0.05, 0.1) is 24.1 Å². The molecule has 0 aliphatic heterocycles. The van der Waals surface area contributed by atoms with E-state index in [4.69, 9.17) is 16.3 Å². The van der Waals surface area contributed by atoms with Crippen molar-refractivity contribution in [3.05, 3.63) is 58.6 Å². The summed E-state index contributed by atoms with van der Waals surface area (Å²) in [6.07, 6.45) is 6.59. The second-order valence-corrected chi connectivity index (χ2v) is 12.1. The number of carbonyl (C=O) groups excluding carboxylic acids is 2. The van der Waals surface area contributed by atoms with E-state index in [1.54, 1.807) is 6.07 Å². The smallest absolute Gasteiger partial charge is 0.244 e. The molecule has 10 heteroatoms. The van der Waals surface area contributed by atoms with Crippen LogP contribution in [0.1, 0.15) is 56.6 Å². The maximum Gasteiger partial charge on any atom is 0.244 e. The van der Waals surface area contributed by atoms with Crippen molar-refractivity contribution < 1.29 is 22.7 Å². The quantitative estimate of drug-likeness (QED) is 0.428. The lowest BCUT2D eigenvalue weighted by atomic mass is 9.95. The Morgan fingerprint density at radius 3 is 2.39 bits per heavy atom. The fourth-order valence-corrected chi connectivity index (χ4v) is 5.95. The molecule has 1 saturated carbocycles. The van der Waals surface area contributed by atoms with Crippen molar-refractivity contribution in [3.8, 4) is 5.75 Å². The van der Waals surface area contributed by atoms with Crippen molar-refractivity contribution in [3.63, 3.8) is 0 Å². The molecule has 0 unspecified atom stereocenters. The van der Waals surface area contributed by atoms with E-state index in [1.807, 2.05) is 38.1 Å². The maximum absolute atomic E-state index is 13.9. The Morgan fingerprint density at radius 2 is 1.82 bits per heavy atom. The van der Waals surface area contributed by atoms with Crippen LogP contribution in [-0.4, -0.2) is 57.1 Å². The average molecular weight is 564 g/mol. The van der Waals surface area contributed by atoms with E-state index >= 15 is 0 Å². The Kier molecular flexibility index (Phi) is 10.4. The molecule has 1 aliphatic rings. The number of rotatable bonds is 11. The first kappa shape index (κ1) is 29.8. The molecular formula is C28H38ClN3O5S. The van der Waals surface area contributed by atoms with E-state index in [-0.39, 0.29) is 29.2 Å². The van der Waals surface area contributed by atoms with Gasteiger partial charge in [0.25, 0.3) is 0 Å². The monoisotopic (exact) mass is 563 g/mol. The summed E-state index contributed by atoms with van der Waals surface area (Å²) in [7, 11) is -2.39. The second kappa shape index (κ2) is 13.3. The van der Waals surface area contributed by atoms with Gasteiger partial charge in [0.1, 0.15) is 18.3 Å². The number of hydrogen-bond donors (Lipinski definition) is 1. The van der Waals surface area contributed by atoms with E-state index in [1.165, 1.54) is 24.1 Å². The van der Waals surface area contributed by atoms with Gasteiger partial charge in [0.15, 0.2) is 0 Å². The normalized spacial score (nSPS) is 15.0. The van der Waals surface area contributed by atoms with Gasteiger partial charge in [-0.3, -0.25) is 13.9 Å². The third-order valence-electron chi connectivity index (χ3n) is 7.04. The summed E-state index contributed by atoms with van der Waals surface area (Å²) in [5.41, 5.74) is 2.11. The van der Waals surface area contributed by atoms with Crippen LogP contribution in [0.3, 0.4) is 0 Å². The summed E-state index contributed by atoms with van der Waals surface area (Å²) in [5, 5.41) is 3.37. The molecule has 2 amide bonds. The molecule has 1 atom stereocenters. The number of nitrogens with zero attached hydrogens (tertiary/aromatic N) is 2. The maximum atomic E-state index is 13.9. The highest BCUT2D eigenvalue weighted by molar-refractivity contribution is 7.92. The van der Waals surface area contributed by atoms with Crippen LogP contribution < -0.4 is 14.4 Å². The zero-order valence-electron chi connectivity index (χ0n) is 22.6. The molecule has 208 valence electrons. The van der Waals surface area contributed by atoms with Gasteiger partial charge in [-0.1, -0.05) is 62.1 Å². The predicted octanol–water partition coefficient (Wildman–Crippen LogP) is 4.68. The molecule has 2 aromatic carbocycles. The topological polar surface area (TPSA) is 96.0 Å². The van der Waals surface area contributed by atoms with Gasteiger partial charge in [-0.2, -0.15) is 0 Å². The first-order valence-corrected chi connectivity index (χ1v) is 15.2. The molecule has 38 heavy (non-hydrogen) atoms. The van der Waals surface area contributed by atoms with E-state index in [2.05, 4.69) is 5.32 Å². The first-order valence-electron chi connectivity index (χ1n) is 13.0. The zero-order valence-corrected chi connectivity index (χ0v) is 24.1. The van der Waals surface area contributed by atoms with Crippen LogP contribution in [-0.2, 0) is 26.2 Å². The lowest BCUT2D eigenvalue weighted by Gasteiger charge is -2.34. The van der Waals surface area contributed by atoms with Crippen molar-refractivity contribution in [2.45, 2.75) is 71.0 Å². The average Bonchev–Trinajstić information content (AvgIpc) is 2.88. The fourth-order valence-electron chi connectivity index (χ4n) is 4.86. The zero-order chi connectivity index (χ0) is 27.9. The summed E-state index contributed by atoms with van der Waals surface area (Å²) in [6.45, 7) is 3.52. The van der Waals surface area contributed by atoms with Gasteiger partial charge >= 0.3 is 0 Å². The van der Waals surface area contributed by atoms with Crippen LogP contribution in [0.25, 0.3) is 0 Å². The SMILES string of the molecule is CC[C@@H](C(=O)NC1CCCCC1)N(Cc1ccccc1C)C(=O)CN(c1ccc(OC)c(Cl)c1)S(C)(=O)=O. The number of nitrogens with one attached hydrogen (secondary N) is 1. The molecule has 0 aromatic heterocycles. The highest BCUT2D eigenvalue weighted by Crippen LogP contribution is 2.30. The summed E-state index contributed by atoms with van der Waals surface area (Å²) < 4.78 is 31.8. The highest BCUT2D eigenvalue weighted by Gasteiger charge is 2.33. The minimum absolute atomic E-state index is 0.0923. The molecule has 0 heterocycles. The largest absolute Gasteiger partial charge is 0.495 e. The molecule has 0 saturated heterocycles. The summed E-state index contributed by atoms with van der Waals surface area (Å²) in [5.74, 6) is -0.294. The number of methoxy groups -OCH3 is 1. The number of benzene rings is 2. The van der Waals surface area contributed by atoms with Gasteiger partial charge in [-0.05, 0) is 55.5 Å². The van der Waals surface area contributed by atoms with E-state index in [9.17, 15) is 18.0 Å². The Balaban J connectivity index is 1.94. The van der Waals surface area contributed by atoms with Crippen LogP contribution >= 0.6 is 11.6 Å². The predicted molar refractivity (Wildman–Crippen MR) is 151 cm³/mol. The standard InChI is InChI=1S/C28H38ClN3O5S/c1-5-25(28(34)30-22-13-7-6-8-14-22)31(18-21-12-10-9-11-20(21)2)27(33)19-32(38(4,35)36)23-15-16-26(37-3)24(29)17-23/h9-12,15-17,22,25H,5-8,13-14,18-19H2,1-4H3,(H,30,34)/t25-/m0/s1. The summed E-state index contributed by atoms with van der Waals surface area (Å²) >= 11 is 6.26. The molecule has 0 spiro atoms. The third kappa shape index (κ3) is 7.63. The van der Waals surface area contributed by atoms with E-state index < -0.39 is 28.5 Å². The number of carbonyl (C=O) groups is 2. The molecule has 0 radical (unpaired) electrons. The van der Waals surface area contributed by atoms with Gasteiger partial charge < -0.3 is 15.0 Å². The van der Waals surface area contributed by atoms with Crippen LogP contribution in [0, 0.1) is 6.92 Å². The molecule has 8 nitrogen and oxygen atoms in total. The lowest BCUT2D eigenvalue weighted by Crippen LogP contribution is -2.54. The molecule has 1 aliphatic carbocycles. The Hall–Kier alpha value is -2.78. The minimum atomic E-state index is -3.85. The van der Waals surface area contributed by atoms with Crippen LogP contribution in [0.5, 0.6) is 5.75 Å². The Labute approximate surface area is 231 Å². The molecular weight excluding hydrogens is 526 g/mol. The number of hydrogen-bond acceptors (Lipinski definition) is 5. The number of anilines is 1. The van der Waals surface area contributed by atoms with Crippen molar-refractivity contribution in [1.82, 2.24) is 10.2 Å². The summed E-state index contributed by atoms with van der Waals surface area (Å²) in [6, 6.07) is 11.6. The molecule has 1 N–H and O–H groups in total. The second-order valence-electron chi connectivity index (χ2n) is 9.80. The Morgan fingerprint density at radius 1 is 1.13 bits per heavy atom. The summed E-state index contributed by atoms with van der Waals surface area (Å²) in [4.78, 5) is 28.8. The van der Waals surface area contributed by atoms with Gasteiger partial charge in [0, 0.05) is 12.6 Å². The van der Waals surface area contributed by atoms with Crippen LogP contribution in [0.2, 0.25) is 5.02 Å². The number of aryl methyl sites for hydroxylation is 1. The fraction of sp³-hybridized carbons (Fsp3) is 0.500. The Bertz CT molecular complexity index is 1230. The van der Waals surface area contributed by atoms with Gasteiger partial charge in [-0.15, -0.1) is 0 Å². The molecule has 2 aromatic rings. The first-order chi connectivity index (χ1) is 18.0.